The lowest BCUT2D eigenvalue weighted by Crippen LogP contribution is -2.61. The van der Waals surface area contributed by atoms with E-state index in [1.165, 1.54) is 12.1 Å². The van der Waals surface area contributed by atoms with Crippen molar-refractivity contribution in [2.24, 2.45) is 11.8 Å². The van der Waals surface area contributed by atoms with E-state index in [1.807, 2.05) is 16.0 Å². The SMILES string of the molecule is C[C@@H]1CN(CC(=O)N2CC(C)(C)c3ncc(Cc4ccc(F)cc4)cc32)[C@@H](CN2C[C@H]3C[C@H]3C2=O)CN1. The number of amides is 2. The molecule has 3 aliphatic heterocycles. The Morgan fingerprint density at radius 1 is 1.19 bits per heavy atom. The van der Waals surface area contributed by atoms with Gasteiger partial charge < -0.3 is 15.1 Å². The summed E-state index contributed by atoms with van der Waals surface area (Å²) in [6, 6.07) is 9.01. The van der Waals surface area contributed by atoms with Gasteiger partial charge in [0, 0.05) is 62.3 Å². The molecule has 4 heterocycles. The quantitative estimate of drug-likeness (QED) is 0.654. The third kappa shape index (κ3) is 4.77. The van der Waals surface area contributed by atoms with E-state index in [9.17, 15) is 14.0 Å². The summed E-state index contributed by atoms with van der Waals surface area (Å²) in [6.45, 7) is 10.4. The van der Waals surface area contributed by atoms with Crippen molar-refractivity contribution in [3.8, 4) is 0 Å². The number of piperidine rings is 1. The molecule has 196 valence electrons. The average Bonchev–Trinajstić information content (AvgIpc) is 3.49. The molecule has 2 saturated heterocycles. The van der Waals surface area contributed by atoms with Crippen LogP contribution in [0.2, 0.25) is 0 Å². The summed E-state index contributed by atoms with van der Waals surface area (Å²) >= 11 is 0. The fourth-order valence-electron chi connectivity index (χ4n) is 6.38. The van der Waals surface area contributed by atoms with Gasteiger partial charge in [0.05, 0.1) is 17.9 Å². The van der Waals surface area contributed by atoms with Crippen LogP contribution in [0.25, 0.3) is 0 Å². The average molecular weight is 506 g/mol. The first-order valence-electron chi connectivity index (χ1n) is 13.5. The minimum absolute atomic E-state index is 0.0715. The summed E-state index contributed by atoms with van der Waals surface area (Å²) in [5, 5.41) is 3.54. The van der Waals surface area contributed by atoms with Crippen LogP contribution in [0.1, 0.15) is 44.0 Å². The third-order valence-electron chi connectivity index (χ3n) is 8.53. The Bertz CT molecular complexity index is 1220. The second-order valence-corrected chi connectivity index (χ2v) is 12.1. The number of rotatable bonds is 6. The maximum absolute atomic E-state index is 13.8. The maximum Gasteiger partial charge on any atom is 0.241 e. The summed E-state index contributed by atoms with van der Waals surface area (Å²) in [5.41, 5.74) is 3.59. The lowest BCUT2D eigenvalue weighted by Gasteiger charge is -2.41. The van der Waals surface area contributed by atoms with Crippen molar-refractivity contribution < 1.29 is 14.0 Å². The first kappa shape index (κ1) is 24.5. The predicted octanol–water partition coefficient (Wildman–Crippen LogP) is 2.58. The van der Waals surface area contributed by atoms with E-state index in [4.69, 9.17) is 4.98 Å². The Kier molecular flexibility index (Phi) is 6.07. The number of carbonyl (C=O) groups excluding carboxylic acids is 2. The van der Waals surface area contributed by atoms with Crippen molar-refractivity contribution in [1.82, 2.24) is 20.1 Å². The van der Waals surface area contributed by atoms with Crippen molar-refractivity contribution in [2.75, 3.05) is 44.2 Å². The highest BCUT2D eigenvalue weighted by Gasteiger charge is 2.52. The Balaban J connectivity index is 1.19. The van der Waals surface area contributed by atoms with Gasteiger partial charge in [-0.25, -0.2) is 4.39 Å². The molecule has 1 aliphatic carbocycles. The van der Waals surface area contributed by atoms with Crippen molar-refractivity contribution in [1.29, 1.82) is 0 Å². The molecule has 7 nitrogen and oxygen atoms in total. The van der Waals surface area contributed by atoms with Crippen LogP contribution in [0, 0.1) is 17.7 Å². The molecule has 3 fully saturated rings. The van der Waals surface area contributed by atoms with Crippen LogP contribution in [0.5, 0.6) is 0 Å². The second kappa shape index (κ2) is 9.17. The summed E-state index contributed by atoms with van der Waals surface area (Å²) in [4.78, 5) is 37.4. The van der Waals surface area contributed by atoms with Gasteiger partial charge in [-0.3, -0.25) is 19.5 Å². The molecular formula is C29H36FN5O2. The smallest absolute Gasteiger partial charge is 0.241 e. The number of hydrogen-bond donors (Lipinski definition) is 1. The number of aromatic nitrogens is 1. The number of fused-ring (bicyclic) bond motifs is 2. The van der Waals surface area contributed by atoms with Crippen LogP contribution in [-0.4, -0.2) is 78.0 Å². The van der Waals surface area contributed by atoms with Crippen LogP contribution < -0.4 is 10.2 Å². The molecule has 6 rings (SSSR count). The van der Waals surface area contributed by atoms with Crippen LogP contribution in [0.4, 0.5) is 10.1 Å². The Morgan fingerprint density at radius 2 is 1.97 bits per heavy atom. The van der Waals surface area contributed by atoms with E-state index in [0.717, 1.165) is 48.6 Å². The Hall–Kier alpha value is -2.84. The van der Waals surface area contributed by atoms with E-state index in [2.05, 4.69) is 37.1 Å². The van der Waals surface area contributed by atoms with Crippen LogP contribution in [-0.2, 0) is 21.4 Å². The van der Waals surface area contributed by atoms with Gasteiger partial charge >= 0.3 is 0 Å². The van der Waals surface area contributed by atoms with Crippen LogP contribution in [0.3, 0.4) is 0 Å². The van der Waals surface area contributed by atoms with Gasteiger partial charge in [-0.1, -0.05) is 26.0 Å². The normalized spacial score (nSPS) is 28.4. The van der Waals surface area contributed by atoms with Crippen molar-refractivity contribution in [2.45, 2.75) is 51.1 Å². The molecule has 8 heteroatoms. The molecule has 0 radical (unpaired) electrons. The zero-order chi connectivity index (χ0) is 25.9. The molecule has 1 saturated carbocycles. The molecule has 0 spiro atoms. The van der Waals surface area contributed by atoms with Gasteiger partial charge in [-0.15, -0.1) is 0 Å². The van der Waals surface area contributed by atoms with Gasteiger partial charge in [-0.2, -0.15) is 0 Å². The minimum Gasteiger partial charge on any atom is -0.341 e. The molecule has 2 amide bonds. The fraction of sp³-hybridized carbons (Fsp3) is 0.552. The molecule has 4 atom stereocenters. The highest BCUT2D eigenvalue weighted by molar-refractivity contribution is 5.97. The van der Waals surface area contributed by atoms with Crippen LogP contribution in [0.15, 0.2) is 36.5 Å². The molecule has 1 N–H and O–H groups in total. The van der Waals surface area contributed by atoms with E-state index < -0.39 is 0 Å². The monoisotopic (exact) mass is 505 g/mol. The molecule has 0 bridgehead atoms. The summed E-state index contributed by atoms with van der Waals surface area (Å²) in [7, 11) is 0. The largest absolute Gasteiger partial charge is 0.341 e. The number of hydrogen-bond acceptors (Lipinski definition) is 5. The van der Waals surface area contributed by atoms with Gasteiger partial charge in [0.25, 0.3) is 0 Å². The Labute approximate surface area is 218 Å². The van der Waals surface area contributed by atoms with Gasteiger partial charge in [-0.05, 0) is 55.0 Å². The van der Waals surface area contributed by atoms with E-state index >= 15 is 0 Å². The zero-order valence-electron chi connectivity index (χ0n) is 21.9. The molecule has 37 heavy (non-hydrogen) atoms. The second-order valence-electron chi connectivity index (χ2n) is 12.1. The Morgan fingerprint density at radius 3 is 2.70 bits per heavy atom. The number of anilines is 1. The first-order chi connectivity index (χ1) is 17.7. The molecule has 1 aromatic heterocycles. The van der Waals surface area contributed by atoms with E-state index in [1.54, 1.807) is 12.1 Å². The lowest BCUT2D eigenvalue weighted by atomic mass is 9.91. The van der Waals surface area contributed by atoms with Crippen molar-refractivity contribution in [3.63, 3.8) is 0 Å². The van der Waals surface area contributed by atoms with Crippen molar-refractivity contribution >= 4 is 17.5 Å². The van der Waals surface area contributed by atoms with Gasteiger partial charge in [0.1, 0.15) is 5.82 Å². The number of benzene rings is 1. The molecule has 0 unspecified atom stereocenters. The zero-order valence-corrected chi connectivity index (χ0v) is 21.9. The molecular weight excluding hydrogens is 469 g/mol. The summed E-state index contributed by atoms with van der Waals surface area (Å²) in [6.07, 6.45) is 3.56. The minimum atomic E-state index is -0.249. The molecule has 4 aliphatic rings. The van der Waals surface area contributed by atoms with Gasteiger partial charge in [0.15, 0.2) is 0 Å². The summed E-state index contributed by atoms with van der Waals surface area (Å²) < 4.78 is 13.3. The number of likely N-dealkylation sites (tertiary alicyclic amines) is 1. The molecule has 2 aromatic rings. The number of nitrogens with zero attached hydrogens (tertiary/aromatic N) is 4. The van der Waals surface area contributed by atoms with Crippen molar-refractivity contribution in [3.05, 3.63) is 59.2 Å². The summed E-state index contributed by atoms with van der Waals surface area (Å²) in [5.74, 6) is 0.927. The number of carbonyl (C=O) groups is 2. The first-order valence-corrected chi connectivity index (χ1v) is 13.5. The molecule has 1 aromatic carbocycles. The third-order valence-corrected chi connectivity index (χ3v) is 8.53. The highest BCUT2D eigenvalue weighted by Crippen LogP contribution is 2.46. The highest BCUT2D eigenvalue weighted by atomic mass is 19.1. The lowest BCUT2D eigenvalue weighted by molar-refractivity contribution is -0.131. The fourth-order valence-corrected chi connectivity index (χ4v) is 6.38. The van der Waals surface area contributed by atoms with E-state index in [0.29, 0.717) is 37.9 Å². The topological polar surface area (TPSA) is 68.8 Å². The number of pyridine rings is 1. The number of nitrogens with one attached hydrogen (secondary N) is 1. The maximum atomic E-state index is 13.8. The number of piperazine rings is 1. The predicted molar refractivity (Wildman–Crippen MR) is 140 cm³/mol. The van der Waals surface area contributed by atoms with Gasteiger partial charge in [0.2, 0.25) is 11.8 Å². The van der Waals surface area contributed by atoms with E-state index in [-0.39, 0.29) is 35.1 Å². The number of halogens is 1. The standard InChI is InChI=1S/C29H36FN5O2/c1-18-13-33(23(12-31-18)15-34-14-21-10-24(21)28(34)37)16-26(36)35-17-29(2,3)27-25(35)9-20(11-32-27)8-19-4-6-22(30)7-5-19/h4-7,9,11,18,21,23-24,31H,8,10,12-17H2,1-3H3/t18-,21-,23-,24-/m1/s1. The van der Waals surface area contributed by atoms with Crippen LogP contribution >= 0.6 is 0 Å².